The molecule has 0 aromatic heterocycles. The van der Waals surface area contributed by atoms with Crippen molar-refractivity contribution < 1.29 is 17.9 Å². The van der Waals surface area contributed by atoms with Crippen LogP contribution in [0.1, 0.15) is 33.3 Å². The molecule has 0 saturated carbocycles. The zero-order valence-corrected chi connectivity index (χ0v) is 19.5. The minimum Gasteiger partial charge on any atom is -0.492 e. The first kappa shape index (κ1) is 24.0. The van der Waals surface area contributed by atoms with Gasteiger partial charge >= 0.3 is 0 Å². The van der Waals surface area contributed by atoms with Gasteiger partial charge in [0.2, 0.25) is 15.9 Å². The lowest BCUT2D eigenvalue weighted by molar-refractivity contribution is -0.121. The van der Waals surface area contributed by atoms with E-state index >= 15 is 0 Å². The van der Waals surface area contributed by atoms with Crippen molar-refractivity contribution in [2.24, 2.45) is 0 Å². The van der Waals surface area contributed by atoms with Crippen molar-refractivity contribution in [2.45, 2.75) is 39.2 Å². The highest BCUT2D eigenvalue weighted by Gasteiger charge is 2.28. The van der Waals surface area contributed by atoms with Crippen molar-refractivity contribution in [2.75, 3.05) is 23.7 Å². The largest absolute Gasteiger partial charge is 0.492 e. The molecular weight excluding hydrogens is 424 g/mol. The molecule has 6 nitrogen and oxygen atoms in total. The lowest BCUT2D eigenvalue weighted by Crippen LogP contribution is -2.48. The maximum absolute atomic E-state index is 12.5. The Morgan fingerprint density at radius 1 is 1.10 bits per heavy atom. The summed E-state index contributed by atoms with van der Waals surface area (Å²) in [5, 5.41) is 3.21. The highest BCUT2D eigenvalue weighted by molar-refractivity contribution is 7.92. The van der Waals surface area contributed by atoms with Crippen LogP contribution in [0.25, 0.3) is 0 Å². The molecule has 1 N–H and O–H groups in total. The SMILES string of the molecule is C[C@@H](C(=O)NCCOc1ccc(C(C)(C)C)cc1)N(c1ccc(Cl)cc1)S(C)(=O)=O. The summed E-state index contributed by atoms with van der Waals surface area (Å²) in [6, 6.07) is 13.2. The number of amides is 1. The van der Waals surface area contributed by atoms with Crippen molar-refractivity contribution in [3.63, 3.8) is 0 Å². The van der Waals surface area contributed by atoms with Crippen molar-refractivity contribution in [3.05, 3.63) is 59.1 Å². The van der Waals surface area contributed by atoms with Gasteiger partial charge in [0.05, 0.1) is 18.5 Å². The van der Waals surface area contributed by atoms with Crippen LogP contribution in [-0.2, 0) is 20.2 Å². The van der Waals surface area contributed by atoms with Crippen LogP contribution >= 0.6 is 11.6 Å². The van der Waals surface area contributed by atoms with Crippen LogP contribution in [0.3, 0.4) is 0 Å². The molecule has 164 valence electrons. The predicted molar refractivity (Wildman–Crippen MR) is 122 cm³/mol. The molecule has 0 heterocycles. The van der Waals surface area contributed by atoms with E-state index in [0.29, 0.717) is 16.5 Å². The molecule has 0 spiro atoms. The summed E-state index contributed by atoms with van der Waals surface area (Å²) in [5.74, 6) is 0.297. The topological polar surface area (TPSA) is 75.7 Å². The fourth-order valence-corrected chi connectivity index (χ4v) is 4.24. The summed E-state index contributed by atoms with van der Waals surface area (Å²) in [7, 11) is -3.67. The van der Waals surface area contributed by atoms with Crippen molar-refractivity contribution in [3.8, 4) is 5.75 Å². The van der Waals surface area contributed by atoms with Gasteiger partial charge in [-0.05, 0) is 54.3 Å². The van der Waals surface area contributed by atoms with E-state index in [-0.39, 0.29) is 18.6 Å². The number of nitrogens with zero attached hydrogens (tertiary/aromatic N) is 1. The van der Waals surface area contributed by atoms with Crippen LogP contribution in [-0.4, -0.2) is 39.8 Å². The lowest BCUT2D eigenvalue weighted by Gasteiger charge is -2.28. The van der Waals surface area contributed by atoms with Gasteiger partial charge in [0.25, 0.3) is 0 Å². The normalized spacial score (nSPS) is 12.9. The molecule has 2 aromatic rings. The molecule has 0 saturated heterocycles. The smallest absolute Gasteiger partial charge is 0.243 e. The Labute approximate surface area is 184 Å². The van der Waals surface area contributed by atoms with E-state index in [1.54, 1.807) is 24.3 Å². The van der Waals surface area contributed by atoms with Crippen LogP contribution in [0.4, 0.5) is 5.69 Å². The molecule has 0 aliphatic rings. The fourth-order valence-electron chi connectivity index (χ4n) is 2.94. The van der Waals surface area contributed by atoms with E-state index in [1.165, 1.54) is 12.5 Å². The van der Waals surface area contributed by atoms with Crippen LogP contribution in [0.5, 0.6) is 5.75 Å². The second-order valence-electron chi connectivity index (χ2n) is 8.13. The van der Waals surface area contributed by atoms with Gasteiger partial charge in [-0.25, -0.2) is 8.42 Å². The maximum Gasteiger partial charge on any atom is 0.243 e. The van der Waals surface area contributed by atoms with E-state index in [1.807, 2.05) is 24.3 Å². The number of anilines is 1. The molecule has 0 fully saturated rings. The Hall–Kier alpha value is -2.25. The van der Waals surface area contributed by atoms with Crippen LogP contribution < -0.4 is 14.4 Å². The van der Waals surface area contributed by atoms with E-state index < -0.39 is 22.0 Å². The Balaban J connectivity index is 1.93. The Morgan fingerprint density at radius 3 is 2.17 bits per heavy atom. The highest BCUT2D eigenvalue weighted by atomic mass is 35.5. The third-order valence-electron chi connectivity index (χ3n) is 4.56. The monoisotopic (exact) mass is 452 g/mol. The van der Waals surface area contributed by atoms with Crippen molar-refractivity contribution in [1.82, 2.24) is 5.32 Å². The molecule has 1 amide bonds. The number of benzene rings is 2. The molecule has 8 heteroatoms. The van der Waals surface area contributed by atoms with Gasteiger partial charge in [-0.3, -0.25) is 9.10 Å². The Kier molecular flexibility index (Phi) is 7.77. The molecule has 30 heavy (non-hydrogen) atoms. The van der Waals surface area contributed by atoms with E-state index in [0.717, 1.165) is 10.6 Å². The average Bonchev–Trinajstić information content (AvgIpc) is 2.65. The maximum atomic E-state index is 12.5. The molecule has 2 aromatic carbocycles. The van der Waals surface area contributed by atoms with Gasteiger partial charge in [0, 0.05) is 5.02 Å². The van der Waals surface area contributed by atoms with Crippen LogP contribution in [0.15, 0.2) is 48.5 Å². The Morgan fingerprint density at radius 2 is 1.67 bits per heavy atom. The zero-order chi connectivity index (χ0) is 22.5. The quantitative estimate of drug-likeness (QED) is 0.614. The highest BCUT2D eigenvalue weighted by Crippen LogP contribution is 2.24. The lowest BCUT2D eigenvalue weighted by atomic mass is 9.87. The molecule has 2 rings (SSSR count). The summed E-state index contributed by atoms with van der Waals surface area (Å²) < 4.78 is 31.3. The number of hydrogen-bond acceptors (Lipinski definition) is 4. The van der Waals surface area contributed by atoms with Gasteiger partial charge in [-0.2, -0.15) is 0 Å². The third-order valence-corrected chi connectivity index (χ3v) is 6.05. The average molecular weight is 453 g/mol. The predicted octanol–water partition coefficient (Wildman–Crippen LogP) is 3.99. The molecule has 0 radical (unpaired) electrons. The van der Waals surface area contributed by atoms with Crippen LogP contribution in [0, 0.1) is 0 Å². The van der Waals surface area contributed by atoms with Gasteiger partial charge < -0.3 is 10.1 Å². The third kappa shape index (κ3) is 6.64. The Bertz CT molecular complexity index is 952. The summed E-state index contributed by atoms with van der Waals surface area (Å²) >= 11 is 5.88. The number of halogens is 1. The number of hydrogen-bond donors (Lipinski definition) is 1. The number of ether oxygens (including phenoxy) is 1. The van der Waals surface area contributed by atoms with Gasteiger partial charge in [0.1, 0.15) is 18.4 Å². The summed E-state index contributed by atoms with van der Waals surface area (Å²) in [6.07, 6.45) is 1.07. The number of sulfonamides is 1. The van der Waals surface area contributed by atoms with Gasteiger partial charge in [0.15, 0.2) is 0 Å². The first-order valence-corrected chi connectivity index (χ1v) is 11.9. The summed E-state index contributed by atoms with van der Waals surface area (Å²) in [4.78, 5) is 12.5. The molecular formula is C22H29ClN2O4S. The van der Waals surface area contributed by atoms with Crippen molar-refractivity contribution >= 4 is 33.2 Å². The van der Waals surface area contributed by atoms with Crippen LogP contribution in [0.2, 0.25) is 5.02 Å². The molecule has 0 unspecified atom stereocenters. The summed E-state index contributed by atoms with van der Waals surface area (Å²) in [5.41, 5.74) is 1.65. The second-order valence-corrected chi connectivity index (χ2v) is 10.4. The molecule has 0 aliphatic carbocycles. The van der Waals surface area contributed by atoms with E-state index in [9.17, 15) is 13.2 Å². The molecule has 0 aliphatic heterocycles. The second kappa shape index (κ2) is 9.71. The number of carbonyl (C=O) groups excluding carboxylic acids is 1. The molecule has 0 bridgehead atoms. The molecule has 1 atom stereocenters. The standard InChI is InChI=1S/C22H29ClN2O4S/c1-16(25(30(5,27)28)19-10-8-18(23)9-11-19)21(26)24-14-15-29-20-12-6-17(7-13-20)22(2,3)4/h6-13,16H,14-15H2,1-5H3,(H,24,26)/t16-/m0/s1. The van der Waals surface area contributed by atoms with E-state index in [2.05, 4.69) is 26.1 Å². The number of carbonyl (C=O) groups is 1. The number of rotatable bonds is 8. The van der Waals surface area contributed by atoms with Gasteiger partial charge in [-0.1, -0.05) is 44.5 Å². The zero-order valence-electron chi connectivity index (χ0n) is 18.0. The summed E-state index contributed by atoms with van der Waals surface area (Å²) in [6.45, 7) is 8.49. The number of nitrogens with one attached hydrogen (secondary N) is 1. The fraction of sp³-hybridized carbons (Fsp3) is 0.409. The minimum absolute atomic E-state index is 0.0677. The van der Waals surface area contributed by atoms with Crippen molar-refractivity contribution in [1.29, 1.82) is 0 Å². The van der Waals surface area contributed by atoms with E-state index in [4.69, 9.17) is 16.3 Å². The van der Waals surface area contributed by atoms with Gasteiger partial charge in [-0.15, -0.1) is 0 Å². The first-order valence-electron chi connectivity index (χ1n) is 9.65. The first-order chi connectivity index (χ1) is 13.9. The minimum atomic E-state index is -3.67.